The van der Waals surface area contributed by atoms with Gasteiger partial charge >= 0.3 is 0 Å². The molecule has 1 saturated carbocycles. The van der Waals surface area contributed by atoms with Crippen LogP contribution in [0.5, 0.6) is 0 Å². The van der Waals surface area contributed by atoms with Gasteiger partial charge in [-0.2, -0.15) is 0 Å². The van der Waals surface area contributed by atoms with Crippen LogP contribution in [0.3, 0.4) is 0 Å². The van der Waals surface area contributed by atoms with Gasteiger partial charge < -0.3 is 9.88 Å². The lowest BCUT2D eigenvalue weighted by Gasteiger charge is -2.34. The molecule has 1 atom stereocenters. The first kappa shape index (κ1) is 23.3. The molecule has 1 aliphatic carbocycles. The number of aromatic nitrogens is 1. The van der Waals surface area contributed by atoms with E-state index in [1.807, 2.05) is 72.6 Å². The monoisotopic (exact) mass is 463 g/mol. The third kappa shape index (κ3) is 5.38. The van der Waals surface area contributed by atoms with Crippen molar-refractivity contribution in [3.8, 4) is 0 Å². The summed E-state index contributed by atoms with van der Waals surface area (Å²) >= 11 is 1.57. The van der Waals surface area contributed by atoms with E-state index in [9.17, 15) is 9.59 Å². The fourth-order valence-electron chi connectivity index (χ4n) is 4.63. The van der Waals surface area contributed by atoms with Crippen molar-refractivity contribution in [1.82, 2.24) is 9.88 Å². The molecule has 3 aromatic rings. The van der Waals surface area contributed by atoms with E-state index in [1.54, 1.807) is 16.2 Å². The summed E-state index contributed by atoms with van der Waals surface area (Å²) in [5.74, 6) is -0.188. The van der Waals surface area contributed by atoms with Crippen LogP contribution in [0, 0.1) is 13.8 Å². The Kier molecular flexibility index (Phi) is 7.33. The third-order valence-corrected chi connectivity index (χ3v) is 7.54. The molecule has 2 amide bonds. The van der Waals surface area contributed by atoms with E-state index in [1.165, 1.54) is 6.42 Å². The quantitative estimate of drug-likeness (QED) is 0.505. The number of hydrogen-bond acceptors (Lipinski definition) is 3. The van der Waals surface area contributed by atoms with Gasteiger partial charge in [-0.1, -0.05) is 31.4 Å². The van der Waals surface area contributed by atoms with Gasteiger partial charge in [-0.15, -0.1) is 11.3 Å². The Morgan fingerprint density at radius 2 is 1.88 bits per heavy atom. The molecule has 1 aliphatic rings. The lowest BCUT2D eigenvalue weighted by Crippen LogP contribution is -2.48. The maximum Gasteiger partial charge on any atom is 0.249 e. The van der Waals surface area contributed by atoms with Crippen molar-refractivity contribution in [3.63, 3.8) is 0 Å². The Bertz CT molecular complexity index is 1100. The van der Waals surface area contributed by atoms with Crippen molar-refractivity contribution in [3.05, 3.63) is 75.7 Å². The Hall–Kier alpha value is -2.86. The summed E-state index contributed by atoms with van der Waals surface area (Å²) in [5, 5.41) is 5.26. The minimum atomic E-state index is -0.735. The highest BCUT2D eigenvalue weighted by molar-refractivity contribution is 7.10. The highest BCUT2D eigenvalue weighted by Gasteiger charge is 2.35. The molecule has 0 spiro atoms. The van der Waals surface area contributed by atoms with Crippen LogP contribution in [0.25, 0.3) is 0 Å². The zero-order chi connectivity index (χ0) is 23.4. The van der Waals surface area contributed by atoms with Gasteiger partial charge in [0, 0.05) is 29.9 Å². The number of benzene rings is 1. The van der Waals surface area contributed by atoms with Gasteiger partial charge in [0.15, 0.2) is 6.04 Å². The molecule has 2 aromatic heterocycles. The Morgan fingerprint density at radius 3 is 2.52 bits per heavy atom. The Balaban J connectivity index is 1.75. The predicted molar refractivity (Wildman–Crippen MR) is 135 cm³/mol. The molecule has 1 fully saturated rings. The molecule has 1 N–H and O–H groups in total. The fourth-order valence-corrected chi connectivity index (χ4v) is 5.33. The first-order valence-corrected chi connectivity index (χ1v) is 12.7. The zero-order valence-corrected chi connectivity index (χ0v) is 20.5. The molecule has 0 aliphatic heterocycles. The summed E-state index contributed by atoms with van der Waals surface area (Å²) in [7, 11) is 1.93. The number of hydrogen-bond donors (Lipinski definition) is 1. The normalized spacial score (nSPS) is 15.2. The maximum atomic E-state index is 13.8. The number of amides is 2. The van der Waals surface area contributed by atoms with E-state index >= 15 is 0 Å². The fraction of sp³-hybridized carbons (Fsp3) is 0.407. The SMILES string of the molecule is Cc1ccc(N(C(=O)Cc2cccs2)C(C(=O)NC2CCCCC2)c2cccn2C)cc1C. The van der Waals surface area contributed by atoms with E-state index in [0.717, 1.165) is 53.1 Å². The lowest BCUT2D eigenvalue weighted by atomic mass is 9.95. The topological polar surface area (TPSA) is 54.3 Å². The molecular formula is C27H33N3O2S. The second-order valence-corrected chi connectivity index (χ2v) is 10.1. The molecule has 1 aromatic carbocycles. The predicted octanol–water partition coefficient (Wildman–Crippen LogP) is 5.47. The summed E-state index contributed by atoms with van der Waals surface area (Å²) in [6.45, 7) is 4.10. The van der Waals surface area contributed by atoms with E-state index in [4.69, 9.17) is 0 Å². The molecule has 4 rings (SSSR count). The van der Waals surface area contributed by atoms with Crippen LogP contribution in [0.1, 0.15) is 59.8 Å². The molecule has 6 heteroatoms. The molecule has 174 valence electrons. The minimum Gasteiger partial charge on any atom is -0.352 e. The first-order chi connectivity index (χ1) is 15.9. The molecule has 5 nitrogen and oxygen atoms in total. The average Bonchev–Trinajstić information content (AvgIpc) is 3.46. The van der Waals surface area contributed by atoms with Crippen LogP contribution in [0.4, 0.5) is 5.69 Å². The van der Waals surface area contributed by atoms with Crippen LogP contribution in [-0.2, 0) is 23.1 Å². The van der Waals surface area contributed by atoms with Crippen molar-refractivity contribution in [2.45, 2.75) is 64.5 Å². The number of nitrogens with zero attached hydrogens (tertiary/aromatic N) is 2. The Morgan fingerprint density at radius 1 is 1.09 bits per heavy atom. The summed E-state index contributed by atoms with van der Waals surface area (Å²) in [6.07, 6.45) is 7.69. The van der Waals surface area contributed by atoms with Crippen molar-refractivity contribution in [1.29, 1.82) is 0 Å². The number of nitrogens with one attached hydrogen (secondary N) is 1. The van der Waals surface area contributed by atoms with Crippen LogP contribution in [0.2, 0.25) is 0 Å². The standard InChI is InChI=1S/C27H33N3O2S/c1-19-13-14-22(17-20(19)2)30(25(31)18-23-11-8-16-33-23)26(24-12-7-15-29(24)3)27(32)28-21-9-5-4-6-10-21/h7-8,11-17,21,26H,4-6,9-10,18H2,1-3H3,(H,28,32). The minimum absolute atomic E-state index is 0.0781. The van der Waals surface area contributed by atoms with E-state index < -0.39 is 6.04 Å². The summed E-state index contributed by atoms with van der Waals surface area (Å²) in [6, 6.07) is 13.2. The number of thiophene rings is 1. The summed E-state index contributed by atoms with van der Waals surface area (Å²) < 4.78 is 1.94. The maximum absolute atomic E-state index is 13.8. The molecule has 0 radical (unpaired) electrons. The second-order valence-electron chi connectivity index (χ2n) is 9.08. The van der Waals surface area contributed by atoms with Gasteiger partial charge in [0.1, 0.15) is 0 Å². The molecule has 2 heterocycles. The van der Waals surface area contributed by atoms with E-state index in [0.29, 0.717) is 0 Å². The van der Waals surface area contributed by atoms with E-state index in [-0.39, 0.29) is 24.3 Å². The Labute approximate surface area is 200 Å². The molecule has 1 unspecified atom stereocenters. The van der Waals surface area contributed by atoms with Gasteiger partial charge in [-0.05, 0) is 73.5 Å². The smallest absolute Gasteiger partial charge is 0.249 e. The van der Waals surface area contributed by atoms with Gasteiger partial charge in [-0.25, -0.2) is 0 Å². The highest BCUT2D eigenvalue weighted by Crippen LogP contribution is 2.31. The zero-order valence-electron chi connectivity index (χ0n) is 19.7. The highest BCUT2D eigenvalue weighted by atomic mass is 32.1. The van der Waals surface area contributed by atoms with Gasteiger partial charge in [0.2, 0.25) is 11.8 Å². The number of rotatable bonds is 7. The van der Waals surface area contributed by atoms with Crippen molar-refractivity contribution < 1.29 is 9.59 Å². The van der Waals surface area contributed by atoms with E-state index in [2.05, 4.69) is 12.2 Å². The van der Waals surface area contributed by atoms with Crippen LogP contribution in [0.15, 0.2) is 54.0 Å². The van der Waals surface area contributed by atoms with Crippen LogP contribution < -0.4 is 10.2 Å². The lowest BCUT2D eigenvalue weighted by molar-refractivity contribution is -0.127. The van der Waals surface area contributed by atoms with Gasteiger partial charge in [0.25, 0.3) is 0 Å². The second kappa shape index (κ2) is 10.4. The van der Waals surface area contributed by atoms with Gasteiger partial charge in [-0.3, -0.25) is 14.5 Å². The summed E-state index contributed by atoms with van der Waals surface area (Å²) in [5.41, 5.74) is 3.82. The van der Waals surface area contributed by atoms with Crippen molar-refractivity contribution in [2.75, 3.05) is 4.90 Å². The largest absolute Gasteiger partial charge is 0.352 e. The number of anilines is 1. The van der Waals surface area contributed by atoms with Crippen molar-refractivity contribution in [2.24, 2.45) is 7.05 Å². The van der Waals surface area contributed by atoms with Crippen molar-refractivity contribution >= 4 is 28.8 Å². The molecular weight excluding hydrogens is 430 g/mol. The van der Waals surface area contributed by atoms with Gasteiger partial charge in [0.05, 0.1) is 12.1 Å². The third-order valence-electron chi connectivity index (χ3n) is 6.67. The molecule has 33 heavy (non-hydrogen) atoms. The molecule has 0 bridgehead atoms. The van der Waals surface area contributed by atoms with Crippen LogP contribution >= 0.6 is 11.3 Å². The number of carbonyl (C=O) groups is 2. The average molecular weight is 464 g/mol. The molecule has 0 saturated heterocycles. The number of carbonyl (C=O) groups excluding carboxylic acids is 2. The van der Waals surface area contributed by atoms with Crippen LogP contribution in [-0.4, -0.2) is 22.4 Å². The first-order valence-electron chi connectivity index (χ1n) is 11.8. The summed E-state index contributed by atoms with van der Waals surface area (Å²) in [4.78, 5) is 30.3. The number of aryl methyl sites for hydroxylation is 3.